The molecule has 0 aromatic heterocycles. The Hall–Kier alpha value is -3.19. The monoisotopic (exact) mass is 475 g/mol. The van der Waals surface area contributed by atoms with Gasteiger partial charge in [-0.15, -0.1) is 0 Å². The van der Waals surface area contributed by atoms with Gasteiger partial charge in [-0.2, -0.15) is 9.57 Å². The Kier molecular flexibility index (Phi) is 8.96. The summed E-state index contributed by atoms with van der Waals surface area (Å²) in [6.07, 6.45) is 2.59. The number of nitrogens with zero attached hydrogens (tertiary/aromatic N) is 2. The lowest BCUT2D eigenvalue weighted by atomic mass is 10.2. The summed E-state index contributed by atoms with van der Waals surface area (Å²) in [5.41, 5.74) is 1.24. The second kappa shape index (κ2) is 11.4. The van der Waals surface area contributed by atoms with E-state index in [1.54, 1.807) is 26.0 Å². The van der Waals surface area contributed by atoms with Gasteiger partial charge in [-0.3, -0.25) is 4.79 Å². The number of rotatable bonds is 9. The number of esters is 1. The molecule has 0 unspecified atom stereocenters. The van der Waals surface area contributed by atoms with E-state index in [0.29, 0.717) is 24.3 Å². The number of carbonyl (C=O) groups is 2. The fourth-order valence-electron chi connectivity index (χ4n) is 2.69. The van der Waals surface area contributed by atoms with Crippen molar-refractivity contribution in [2.24, 2.45) is 0 Å². The predicted octanol–water partition coefficient (Wildman–Crippen LogP) is 3.44. The molecule has 0 bridgehead atoms. The van der Waals surface area contributed by atoms with Crippen LogP contribution in [0.4, 0.5) is 5.69 Å². The molecule has 0 fully saturated rings. The fourth-order valence-corrected chi connectivity index (χ4v) is 4.37. The molecular formula is C22H22ClN3O5S. The van der Waals surface area contributed by atoms with Crippen LogP contribution in [0.3, 0.4) is 0 Å². The number of hydrogen-bond donors (Lipinski definition) is 1. The molecule has 0 atom stereocenters. The molecule has 0 aliphatic rings. The first kappa shape index (κ1) is 25.1. The number of anilines is 1. The quantitative estimate of drug-likeness (QED) is 0.438. The van der Waals surface area contributed by atoms with Gasteiger partial charge in [0.2, 0.25) is 10.0 Å². The van der Waals surface area contributed by atoms with E-state index in [1.165, 1.54) is 40.7 Å². The van der Waals surface area contributed by atoms with Crippen LogP contribution in [-0.2, 0) is 24.3 Å². The zero-order chi connectivity index (χ0) is 23.7. The van der Waals surface area contributed by atoms with Gasteiger partial charge in [0.25, 0.3) is 5.91 Å². The molecule has 0 aliphatic carbocycles. The van der Waals surface area contributed by atoms with E-state index in [9.17, 15) is 18.0 Å². The van der Waals surface area contributed by atoms with Gasteiger partial charge >= 0.3 is 5.97 Å². The van der Waals surface area contributed by atoms with Gasteiger partial charge in [-0.1, -0.05) is 37.6 Å². The Morgan fingerprint density at radius 3 is 2.38 bits per heavy atom. The number of sulfonamides is 1. The summed E-state index contributed by atoms with van der Waals surface area (Å²) in [7, 11) is -3.55. The molecular weight excluding hydrogens is 454 g/mol. The van der Waals surface area contributed by atoms with Gasteiger partial charge in [-0.05, 0) is 42.0 Å². The molecule has 0 saturated heterocycles. The Morgan fingerprint density at radius 2 is 1.81 bits per heavy atom. The topological polar surface area (TPSA) is 117 Å². The van der Waals surface area contributed by atoms with Crippen LogP contribution in [0, 0.1) is 11.3 Å². The number of nitriles is 1. The van der Waals surface area contributed by atoms with E-state index in [1.807, 2.05) is 6.07 Å². The maximum Gasteiger partial charge on any atom is 0.331 e. The van der Waals surface area contributed by atoms with Crippen LogP contribution >= 0.6 is 11.6 Å². The van der Waals surface area contributed by atoms with Gasteiger partial charge in [0.05, 0.1) is 15.5 Å². The third kappa shape index (κ3) is 6.65. The average molecular weight is 476 g/mol. The van der Waals surface area contributed by atoms with Crippen molar-refractivity contribution in [2.45, 2.75) is 18.7 Å². The van der Waals surface area contributed by atoms with E-state index in [0.717, 1.165) is 6.08 Å². The molecule has 0 saturated carbocycles. The highest BCUT2D eigenvalue weighted by Crippen LogP contribution is 2.20. The summed E-state index contributed by atoms with van der Waals surface area (Å²) < 4.78 is 31.2. The number of nitrogens with one attached hydrogen (secondary N) is 1. The molecule has 8 nitrogen and oxygen atoms in total. The van der Waals surface area contributed by atoms with E-state index >= 15 is 0 Å². The van der Waals surface area contributed by atoms with Crippen LogP contribution in [0.2, 0.25) is 5.02 Å². The summed E-state index contributed by atoms with van der Waals surface area (Å²) in [5.74, 6) is -1.31. The predicted molar refractivity (Wildman–Crippen MR) is 121 cm³/mol. The van der Waals surface area contributed by atoms with Gasteiger partial charge in [0.15, 0.2) is 6.61 Å². The molecule has 10 heteroatoms. The Morgan fingerprint density at radius 1 is 1.16 bits per heavy atom. The number of ether oxygens (including phenoxy) is 1. The third-order valence-corrected chi connectivity index (χ3v) is 6.73. The van der Waals surface area contributed by atoms with Crippen molar-refractivity contribution < 1.29 is 22.7 Å². The van der Waals surface area contributed by atoms with Gasteiger partial charge in [-0.25, -0.2) is 13.2 Å². The normalized spacial score (nSPS) is 11.3. The van der Waals surface area contributed by atoms with Crippen molar-refractivity contribution >= 4 is 45.3 Å². The maximum atomic E-state index is 12.5. The first-order valence-corrected chi connectivity index (χ1v) is 11.5. The van der Waals surface area contributed by atoms with Crippen molar-refractivity contribution in [3.05, 3.63) is 64.7 Å². The molecule has 1 N–H and O–H groups in total. The Labute approximate surface area is 192 Å². The zero-order valence-electron chi connectivity index (χ0n) is 17.5. The van der Waals surface area contributed by atoms with E-state index in [4.69, 9.17) is 21.6 Å². The minimum atomic E-state index is -3.55. The molecule has 1 amide bonds. The van der Waals surface area contributed by atoms with Gasteiger partial charge in [0, 0.05) is 24.9 Å². The van der Waals surface area contributed by atoms with E-state index in [-0.39, 0.29) is 15.5 Å². The Bertz CT molecular complexity index is 1150. The SMILES string of the molecule is CCN(CC)S(=O)(=O)c1ccc(/C=C/C(=O)OCC(=O)Nc2ccc(C#N)c(Cl)c2)cc1. The van der Waals surface area contributed by atoms with Crippen LogP contribution in [0.25, 0.3) is 6.08 Å². The molecule has 0 radical (unpaired) electrons. The molecule has 2 aromatic carbocycles. The van der Waals surface area contributed by atoms with Crippen molar-refractivity contribution in [1.29, 1.82) is 5.26 Å². The fraction of sp³-hybridized carbons (Fsp3) is 0.227. The molecule has 0 spiro atoms. The largest absolute Gasteiger partial charge is 0.452 e. The summed E-state index contributed by atoms with van der Waals surface area (Å²) in [4.78, 5) is 23.9. The summed E-state index contributed by atoms with van der Waals surface area (Å²) in [6, 6.07) is 12.4. The second-order valence-electron chi connectivity index (χ2n) is 6.45. The second-order valence-corrected chi connectivity index (χ2v) is 8.80. The lowest BCUT2D eigenvalue weighted by molar-refractivity contribution is -0.142. The van der Waals surface area contributed by atoms with Crippen LogP contribution in [0.15, 0.2) is 53.4 Å². The summed E-state index contributed by atoms with van der Waals surface area (Å²) in [5, 5.41) is 11.5. The smallest absolute Gasteiger partial charge is 0.331 e. The highest BCUT2D eigenvalue weighted by atomic mass is 35.5. The lowest BCUT2D eigenvalue weighted by Gasteiger charge is -2.18. The summed E-state index contributed by atoms with van der Waals surface area (Å²) in [6.45, 7) is 3.77. The number of halogens is 1. The van der Waals surface area contributed by atoms with Crippen LogP contribution < -0.4 is 5.32 Å². The average Bonchev–Trinajstić information content (AvgIpc) is 2.77. The highest BCUT2D eigenvalue weighted by molar-refractivity contribution is 7.89. The summed E-state index contributed by atoms with van der Waals surface area (Å²) >= 11 is 5.90. The van der Waals surface area contributed by atoms with Crippen molar-refractivity contribution in [3.8, 4) is 6.07 Å². The standard InChI is InChI=1S/C22H22ClN3O5S/c1-3-26(4-2)32(29,30)19-10-5-16(6-11-19)7-12-22(28)31-15-21(27)25-18-9-8-17(14-24)20(23)13-18/h5-13H,3-4,15H2,1-2H3,(H,25,27)/b12-7+. The number of hydrogen-bond acceptors (Lipinski definition) is 6. The van der Waals surface area contributed by atoms with Crippen molar-refractivity contribution in [1.82, 2.24) is 4.31 Å². The zero-order valence-corrected chi connectivity index (χ0v) is 19.1. The molecule has 0 aliphatic heterocycles. The molecule has 32 heavy (non-hydrogen) atoms. The number of carbonyl (C=O) groups excluding carboxylic acids is 2. The van der Waals surface area contributed by atoms with E-state index in [2.05, 4.69) is 5.32 Å². The molecule has 2 rings (SSSR count). The van der Waals surface area contributed by atoms with Crippen molar-refractivity contribution in [2.75, 3.05) is 25.0 Å². The Balaban J connectivity index is 1.90. The van der Waals surface area contributed by atoms with Crippen molar-refractivity contribution in [3.63, 3.8) is 0 Å². The molecule has 2 aromatic rings. The lowest BCUT2D eigenvalue weighted by Crippen LogP contribution is -2.30. The first-order chi connectivity index (χ1) is 15.2. The number of benzene rings is 2. The van der Waals surface area contributed by atoms with Crippen LogP contribution in [-0.4, -0.2) is 44.3 Å². The third-order valence-electron chi connectivity index (χ3n) is 4.35. The highest BCUT2D eigenvalue weighted by Gasteiger charge is 2.20. The first-order valence-electron chi connectivity index (χ1n) is 9.65. The van der Waals surface area contributed by atoms with E-state index < -0.39 is 28.5 Å². The minimum Gasteiger partial charge on any atom is -0.452 e. The maximum absolute atomic E-state index is 12.5. The van der Waals surface area contributed by atoms with Crippen LogP contribution in [0.5, 0.6) is 0 Å². The van der Waals surface area contributed by atoms with Gasteiger partial charge < -0.3 is 10.1 Å². The molecule has 168 valence electrons. The van der Waals surface area contributed by atoms with Gasteiger partial charge in [0.1, 0.15) is 6.07 Å². The van der Waals surface area contributed by atoms with Crippen LogP contribution in [0.1, 0.15) is 25.0 Å². The minimum absolute atomic E-state index is 0.167. The molecule has 0 heterocycles. The number of amides is 1.